The molecule has 1 aromatic rings. The van der Waals surface area contributed by atoms with Gasteiger partial charge < -0.3 is 14.9 Å². The van der Waals surface area contributed by atoms with Crippen LogP contribution in [0, 0.1) is 0 Å². The van der Waals surface area contributed by atoms with Gasteiger partial charge in [-0.25, -0.2) is 14.3 Å². The molecule has 1 aromatic heterocycles. The summed E-state index contributed by atoms with van der Waals surface area (Å²) in [6.45, 7) is 8.54. The van der Waals surface area contributed by atoms with Crippen LogP contribution in [0.15, 0.2) is 6.20 Å². The molecule has 0 aliphatic carbocycles. The molecule has 0 saturated carbocycles. The fraction of sp³-hybridized carbons (Fsp3) is 0.714. The lowest BCUT2D eigenvalue weighted by Gasteiger charge is -2.33. The molecule has 0 spiro atoms. The first-order chi connectivity index (χ1) is 10.6. The Labute approximate surface area is 134 Å². The molecule has 9 heteroatoms. The zero-order valence-electron chi connectivity index (χ0n) is 14.1. The lowest BCUT2D eigenvalue weighted by atomic mass is 10.1. The number of carboxylic acids is 1. The first kappa shape index (κ1) is 18.9. The summed E-state index contributed by atoms with van der Waals surface area (Å²) in [6.07, 6.45) is 0.658. The van der Waals surface area contributed by atoms with Gasteiger partial charge in [-0.05, 0) is 34.6 Å². The molecule has 0 bridgehead atoms. The molecule has 0 aliphatic heterocycles. The minimum atomic E-state index is -1.32. The number of hydrogen-bond acceptors (Lipinski definition) is 6. The molecule has 2 N–H and O–H groups in total. The third-order valence-corrected chi connectivity index (χ3v) is 2.84. The van der Waals surface area contributed by atoms with E-state index in [0.29, 0.717) is 0 Å². The van der Waals surface area contributed by atoms with Gasteiger partial charge in [-0.15, -0.1) is 5.10 Å². The summed E-state index contributed by atoms with van der Waals surface area (Å²) in [7, 11) is 0. The van der Waals surface area contributed by atoms with Crippen molar-refractivity contribution in [1.82, 2.24) is 19.9 Å². The van der Waals surface area contributed by atoms with Gasteiger partial charge in [0, 0.05) is 6.04 Å². The van der Waals surface area contributed by atoms with Crippen molar-refractivity contribution in [2.24, 2.45) is 0 Å². The summed E-state index contributed by atoms with van der Waals surface area (Å²) in [5, 5.41) is 26.0. The van der Waals surface area contributed by atoms with Crippen molar-refractivity contribution < 1.29 is 24.5 Å². The number of aromatic nitrogens is 3. The van der Waals surface area contributed by atoms with Gasteiger partial charge in [0.25, 0.3) is 0 Å². The molecule has 0 fully saturated rings. The molecular weight excluding hydrogens is 304 g/mol. The van der Waals surface area contributed by atoms with Crippen LogP contribution in [0.5, 0.6) is 0 Å². The Bertz CT molecular complexity index is 550. The summed E-state index contributed by atoms with van der Waals surface area (Å²) in [5.41, 5.74) is -0.646. The molecule has 130 valence electrons. The van der Waals surface area contributed by atoms with Crippen LogP contribution in [-0.4, -0.2) is 60.4 Å². The molecule has 9 nitrogen and oxygen atoms in total. The maximum Gasteiger partial charge on any atom is 0.411 e. The van der Waals surface area contributed by atoms with E-state index in [1.807, 2.05) is 0 Å². The van der Waals surface area contributed by atoms with Gasteiger partial charge in [0.1, 0.15) is 11.3 Å². The Kier molecular flexibility index (Phi) is 6.08. The van der Waals surface area contributed by atoms with Crippen molar-refractivity contribution in [1.29, 1.82) is 0 Å². The number of ether oxygens (including phenoxy) is 1. The smallest absolute Gasteiger partial charge is 0.411 e. The standard InChI is InChI=1S/C14H24N4O5/c1-9(2)18(13(22)23-14(3,4)5)11(12(20)21)10-8-17(6-7-19)16-15-10/h8-9,11,19H,6-7H2,1-5H3,(H,20,21). The Morgan fingerprint density at radius 2 is 2.00 bits per heavy atom. The third kappa shape index (κ3) is 5.20. The zero-order chi connectivity index (χ0) is 17.8. The van der Waals surface area contributed by atoms with E-state index < -0.39 is 29.7 Å². The first-order valence-electron chi connectivity index (χ1n) is 7.32. The highest BCUT2D eigenvalue weighted by atomic mass is 16.6. The molecule has 1 atom stereocenters. The van der Waals surface area contributed by atoms with Gasteiger partial charge >= 0.3 is 12.1 Å². The van der Waals surface area contributed by atoms with E-state index in [0.717, 1.165) is 4.90 Å². The van der Waals surface area contributed by atoms with Gasteiger partial charge in [-0.2, -0.15) is 0 Å². The second kappa shape index (κ2) is 7.40. The molecule has 0 aliphatic rings. The Balaban J connectivity index is 3.16. The monoisotopic (exact) mass is 328 g/mol. The molecule has 0 saturated heterocycles. The number of aliphatic hydroxyl groups excluding tert-OH is 1. The average molecular weight is 328 g/mol. The first-order valence-corrected chi connectivity index (χ1v) is 7.32. The second-order valence-electron chi connectivity index (χ2n) is 6.35. The van der Waals surface area contributed by atoms with Gasteiger partial charge in [0.2, 0.25) is 0 Å². The van der Waals surface area contributed by atoms with E-state index in [-0.39, 0.29) is 18.8 Å². The number of carbonyl (C=O) groups is 2. The van der Waals surface area contributed by atoms with Gasteiger partial charge in [0.15, 0.2) is 6.04 Å². The lowest BCUT2D eigenvalue weighted by molar-refractivity contribution is -0.144. The number of hydrogen-bond donors (Lipinski definition) is 2. The Hall–Kier alpha value is -2.16. The minimum Gasteiger partial charge on any atom is -0.479 e. The molecule has 1 heterocycles. The van der Waals surface area contributed by atoms with E-state index in [1.54, 1.807) is 34.6 Å². The van der Waals surface area contributed by atoms with Crippen molar-refractivity contribution in [3.05, 3.63) is 11.9 Å². The topological polar surface area (TPSA) is 118 Å². The fourth-order valence-electron chi connectivity index (χ4n) is 1.97. The number of carbonyl (C=O) groups excluding carboxylic acids is 1. The summed E-state index contributed by atoms with van der Waals surface area (Å²) in [5.74, 6) is -1.24. The molecule has 1 unspecified atom stereocenters. The minimum absolute atomic E-state index is 0.102. The largest absolute Gasteiger partial charge is 0.479 e. The van der Waals surface area contributed by atoms with E-state index >= 15 is 0 Å². The van der Waals surface area contributed by atoms with Crippen LogP contribution in [0.25, 0.3) is 0 Å². The summed E-state index contributed by atoms with van der Waals surface area (Å²) >= 11 is 0. The van der Waals surface area contributed by atoms with Crippen molar-refractivity contribution in [3.63, 3.8) is 0 Å². The van der Waals surface area contributed by atoms with Crippen LogP contribution < -0.4 is 0 Å². The number of amides is 1. The van der Waals surface area contributed by atoms with Crippen molar-refractivity contribution in [2.75, 3.05) is 6.61 Å². The summed E-state index contributed by atoms with van der Waals surface area (Å²) < 4.78 is 6.62. The van der Waals surface area contributed by atoms with Gasteiger partial charge in [0.05, 0.1) is 19.3 Å². The summed E-state index contributed by atoms with van der Waals surface area (Å²) in [4.78, 5) is 25.2. The molecule has 0 radical (unpaired) electrons. The third-order valence-electron chi connectivity index (χ3n) is 2.84. The van der Waals surface area contributed by atoms with E-state index in [1.165, 1.54) is 10.9 Å². The average Bonchev–Trinajstić information content (AvgIpc) is 2.81. The molecule has 0 aromatic carbocycles. The predicted molar refractivity (Wildman–Crippen MR) is 80.7 cm³/mol. The fourth-order valence-corrected chi connectivity index (χ4v) is 1.97. The van der Waals surface area contributed by atoms with E-state index in [4.69, 9.17) is 9.84 Å². The van der Waals surface area contributed by atoms with Crippen LogP contribution in [0.2, 0.25) is 0 Å². The molecule has 1 amide bonds. The molecular formula is C14H24N4O5. The van der Waals surface area contributed by atoms with Gasteiger partial charge in [-0.1, -0.05) is 5.21 Å². The Morgan fingerprint density at radius 3 is 2.43 bits per heavy atom. The maximum atomic E-state index is 12.4. The zero-order valence-corrected chi connectivity index (χ0v) is 14.1. The number of aliphatic hydroxyl groups is 1. The quantitative estimate of drug-likeness (QED) is 0.801. The maximum absolute atomic E-state index is 12.4. The van der Waals surface area contributed by atoms with Crippen LogP contribution in [0.3, 0.4) is 0 Å². The van der Waals surface area contributed by atoms with Crippen LogP contribution in [0.4, 0.5) is 4.79 Å². The van der Waals surface area contributed by atoms with E-state index in [9.17, 15) is 14.7 Å². The van der Waals surface area contributed by atoms with Crippen molar-refractivity contribution in [2.45, 2.75) is 58.8 Å². The molecule has 23 heavy (non-hydrogen) atoms. The highest BCUT2D eigenvalue weighted by Gasteiger charge is 2.37. The lowest BCUT2D eigenvalue weighted by Crippen LogP contribution is -2.46. The predicted octanol–water partition coefficient (Wildman–Crippen LogP) is 1.04. The van der Waals surface area contributed by atoms with Crippen LogP contribution >= 0.6 is 0 Å². The summed E-state index contributed by atoms with van der Waals surface area (Å²) in [6, 6.07) is -1.74. The second-order valence-corrected chi connectivity index (χ2v) is 6.35. The van der Waals surface area contributed by atoms with Gasteiger partial charge in [-0.3, -0.25) is 4.90 Å². The SMILES string of the molecule is CC(C)N(C(=O)OC(C)(C)C)C(C(=O)O)c1cn(CCO)nn1. The number of carboxylic acid groups (broad SMARTS) is 1. The van der Waals surface area contributed by atoms with Crippen LogP contribution in [0.1, 0.15) is 46.4 Å². The molecule has 1 rings (SSSR count). The highest BCUT2D eigenvalue weighted by Crippen LogP contribution is 2.24. The van der Waals surface area contributed by atoms with Crippen molar-refractivity contribution in [3.8, 4) is 0 Å². The van der Waals surface area contributed by atoms with Crippen LogP contribution in [-0.2, 0) is 16.1 Å². The number of nitrogens with zero attached hydrogens (tertiary/aromatic N) is 4. The highest BCUT2D eigenvalue weighted by molar-refractivity contribution is 5.81. The number of aliphatic carboxylic acids is 1. The number of rotatable bonds is 6. The Morgan fingerprint density at radius 1 is 1.39 bits per heavy atom. The normalized spacial score (nSPS) is 13.0. The van der Waals surface area contributed by atoms with E-state index in [2.05, 4.69) is 10.3 Å². The van der Waals surface area contributed by atoms with Crippen molar-refractivity contribution >= 4 is 12.1 Å².